The van der Waals surface area contributed by atoms with Crippen LogP contribution in [0.2, 0.25) is 5.02 Å². The number of benzene rings is 1. The van der Waals surface area contributed by atoms with Crippen molar-refractivity contribution < 1.29 is 9.59 Å². The third kappa shape index (κ3) is 2.98. The average molecular weight is 336 g/mol. The second kappa shape index (κ2) is 6.06. The summed E-state index contributed by atoms with van der Waals surface area (Å²) in [5.41, 5.74) is 1.68. The number of carbonyl (C=O) groups is 2. The monoisotopic (exact) mass is 335 g/mol. The highest BCUT2D eigenvalue weighted by Crippen LogP contribution is 2.29. The van der Waals surface area contributed by atoms with E-state index in [-0.39, 0.29) is 24.2 Å². The van der Waals surface area contributed by atoms with Crippen LogP contribution < -0.4 is 10.2 Å². The fourth-order valence-electron chi connectivity index (χ4n) is 2.38. The molecule has 1 aromatic heterocycles. The van der Waals surface area contributed by atoms with Crippen LogP contribution in [0.5, 0.6) is 0 Å². The van der Waals surface area contributed by atoms with Gasteiger partial charge in [0.05, 0.1) is 5.92 Å². The van der Waals surface area contributed by atoms with Crippen LogP contribution in [0, 0.1) is 12.8 Å². The van der Waals surface area contributed by atoms with E-state index in [1.807, 2.05) is 19.1 Å². The summed E-state index contributed by atoms with van der Waals surface area (Å²) in [6.07, 6.45) is 1.82. The van der Waals surface area contributed by atoms with Gasteiger partial charge in [-0.3, -0.25) is 9.59 Å². The van der Waals surface area contributed by atoms with Crippen molar-refractivity contribution in [3.05, 3.63) is 40.4 Å². The molecule has 0 radical (unpaired) electrons. The van der Waals surface area contributed by atoms with E-state index in [2.05, 4.69) is 10.3 Å². The molecule has 0 aliphatic carbocycles. The Balaban J connectivity index is 1.72. The van der Waals surface area contributed by atoms with Crippen LogP contribution >= 0.6 is 22.9 Å². The molecule has 3 rings (SSSR count). The first-order chi connectivity index (χ1) is 10.5. The van der Waals surface area contributed by atoms with Gasteiger partial charge in [0.1, 0.15) is 0 Å². The lowest BCUT2D eigenvalue weighted by Crippen LogP contribution is -2.28. The molecular weight excluding hydrogens is 322 g/mol. The lowest BCUT2D eigenvalue weighted by atomic mass is 10.1. The summed E-state index contributed by atoms with van der Waals surface area (Å²) in [4.78, 5) is 30.0. The van der Waals surface area contributed by atoms with E-state index in [1.165, 1.54) is 11.3 Å². The number of carbonyl (C=O) groups excluding carboxylic acids is 2. The van der Waals surface area contributed by atoms with Crippen molar-refractivity contribution >= 4 is 45.6 Å². The molecule has 5 nitrogen and oxygen atoms in total. The Labute approximate surface area is 136 Å². The molecule has 2 aromatic rings. The normalized spacial score (nSPS) is 17.8. The molecular formula is C15H14ClN3O2S. The third-order valence-corrected chi connectivity index (χ3v) is 4.72. The number of rotatable bonds is 3. The van der Waals surface area contributed by atoms with Gasteiger partial charge >= 0.3 is 0 Å². The first-order valence-electron chi connectivity index (χ1n) is 6.81. The van der Waals surface area contributed by atoms with Gasteiger partial charge < -0.3 is 10.2 Å². The van der Waals surface area contributed by atoms with Crippen LogP contribution in [0.1, 0.15) is 12.0 Å². The summed E-state index contributed by atoms with van der Waals surface area (Å²) in [7, 11) is 0. The predicted octanol–water partition coefficient (Wildman–Crippen LogP) is 3.10. The number of aryl methyl sites for hydroxylation is 1. The number of aromatic nitrogens is 1. The molecule has 7 heteroatoms. The van der Waals surface area contributed by atoms with Gasteiger partial charge in [0, 0.05) is 35.3 Å². The minimum absolute atomic E-state index is 0.0702. The van der Waals surface area contributed by atoms with Crippen molar-refractivity contribution in [3.63, 3.8) is 0 Å². The van der Waals surface area contributed by atoms with E-state index >= 15 is 0 Å². The molecule has 1 aliphatic rings. The van der Waals surface area contributed by atoms with Crippen LogP contribution in [0.3, 0.4) is 0 Å². The average Bonchev–Trinajstić information content (AvgIpc) is 3.11. The van der Waals surface area contributed by atoms with E-state index in [0.29, 0.717) is 16.7 Å². The standard InChI is InChI=1S/C15H14ClN3O2S/c1-9-2-3-11(7-12(9)16)19-8-10(6-13(19)20)14(21)18-15-17-4-5-22-15/h2-5,7,10H,6,8H2,1H3,(H,17,18,21)/t10-/m1/s1. The Bertz CT molecular complexity index is 718. The predicted molar refractivity (Wildman–Crippen MR) is 87.4 cm³/mol. The zero-order chi connectivity index (χ0) is 15.7. The largest absolute Gasteiger partial charge is 0.312 e. The van der Waals surface area contributed by atoms with E-state index in [1.54, 1.807) is 22.5 Å². The summed E-state index contributed by atoms with van der Waals surface area (Å²) in [6, 6.07) is 5.48. The zero-order valence-electron chi connectivity index (χ0n) is 11.9. The Morgan fingerprint density at radius 2 is 2.32 bits per heavy atom. The number of nitrogens with one attached hydrogen (secondary N) is 1. The molecule has 1 aliphatic heterocycles. The molecule has 2 amide bonds. The number of nitrogens with zero attached hydrogens (tertiary/aromatic N) is 2. The Kier molecular flexibility index (Phi) is 4.13. The highest BCUT2D eigenvalue weighted by molar-refractivity contribution is 7.13. The smallest absolute Gasteiger partial charge is 0.231 e. The van der Waals surface area contributed by atoms with E-state index in [4.69, 9.17) is 11.6 Å². The molecule has 1 fully saturated rings. The van der Waals surface area contributed by atoms with Gasteiger partial charge in [-0.05, 0) is 24.6 Å². The second-order valence-corrected chi connectivity index (χ2v) is 6.47. The van der Waals surface area contributed by atoms with Gasteiger partial charge in [-0.1, -0.05) is 17.7 Å². The highest BCUT2D eigenvalue weighted by atomic mass is 35.5. The van der Waals surface area contributed by atoms with Crippen molar-refractivity contribution in [2.75, 3.05) is 16.8 Å². The number of halogens is 1. The number of hydrogen-bond donors (Lipinski definition) is 1. The molecule has 0 spiro atoms. The van der Waals surface area contributed by atoms with Crippen molar-refractivity contribution in [1.29, 1.82) is 0 Å². The first-order valence-corrected chi connectivity index (χ1v) is 8.07. The van der Waals surface area contributed by atoms with E-state index in [0.717, 1.165) is 11.3 Å². The molecule has 1 N–H and O–H groups in total. The van der Waals surface area contributed by atoms with Crippen molar-refractivity contribution in [2.45, 2.75) is 13.3 Å². The molecule has 22 heavy (non-hydrogen) atoms. The second-order valence-electron chi connectivity index (χ2n) is 5.17. The van der Waals surface area contributed by atoms with Crippen molar-refractivity contribution in [2.24, 2.45) is 5.92 Å². The number of amides is 2. The van der Waals surface area contributed by atoms with Crippen LogP contribution in [0.4, 0.5) is 10.8 Å². The number of hydrogen-bond acceptors (Lipinski definition) is 4. The van der Waals surface area contributed by atoms with Crippen molar-refractivity contribution in [3.8, 4) is 0 Å². The molecule has 0 unspecified atom stereocenters. The lowest BCUT2D eigenvalue weighted by Gasteiger charge is -2.17. The summed E-state index contributed by atoms with van der Waals surface area (Å²) < 4.78 is 0. The van der Waals surface area contributed by atoms with E-state index < -0.39 is 0 Å². The molecule has 114 valence electrons. The lowest BCUT2D eigenvalue weighted by molar-refractivity contribution is -0.122. The molecule has 1 aromatic carbocycles. The quantitative estimate of drug-likeness (QED) is 0.937. The van der Waals surface area contributed by atoms with Gasteiger partial charge in [-0.2, -0.15) is 0 Å². The fourth-order valence-corrected chi connectivity index (χ4v) is 3.08. The van der Waals surface area contributed by atoms with Gasteiger partial charge in [0.25, 0.3) is 0 Å². The molecule has 2 heterocycles. The molecule has 1 saturated heterocycles. The van der Waals surface area contributed by atoms with Crippen LogP contribution in [-0.2, 0) is 9.59 Å². The minimum Gasteiger partial charge on any atom is -0.312 e. The van der Waals surface area contributed by atoms with Crippen LogP contribution in [0.25, 0.3) is 0 Å². The third-order valence-electron chi connectivity index (χ3n) is 3.63. The number of anilines is 2. The SMILES string of the molecule is Cc1ccc(N2C[C@H](C(=O)Nc3nccs3)CC2=O)cc1Cl. The van der Waals surface area contributed by atoms with Gasteiger partial charge in [-0.25, -0.2) is 4.98 Å². The zero-order valence-corrected chi connectivity index (χ0v) is 13.4. The summed E-state index contributed by atoms with van der Waals surface area (Å²) in [5.74, 6) is -0.625. The maximum Gasteiger partial charge on any atom is 0.231 e. The Morgan fingerprint density at radius 3 is 3.00 bits per heavy atom. The van der Waals surface area contributed by atoms with Crippen molar-refractivity contribution in [1.82, 2.24) is 4.98 Å². The minimum atomic E-state index is -0.378. The highest BCUT2D eigenvalue weighted by Gasteiger charge is 2.35. The first kappa shape index (κ1) is 15.0. The number of thiazole rings is 1. The van der Waals surface area contributed by atoms with Crippen LogP contribution in [-0.4, -0.2) is 23.3 Å². The molecule has 0 bridgehead atoms. The molecule has 1 atom stereocenters. The van der Waals surface area contributed by atoms with E-state index in [9.17, 15) is 9.59 Å². The summed E-state index contributed by atoms with van der Waals surface area (Å²) in [5, 5.41) is 5.69. The van der Waals surface area contributed by atoms with Gasteiger partial charge in [-0.15, -0.1) is 11.3 Å². The Hall–Kier alpha value is -1.92. The maximum absolute atomic E-state index is 12.2. The van der Waals surface area contributed by atoms with Gasteiger partial charge in [0.15, 0.2) is 5.13 Å². The summed E-state index contributed by atoms with van der Waals surface area (Å²) in [6.45, 7) is 2.26. The maximum atomic E-state index is 12.2. The fraction of sp³-hybridized carbons (Fsp3) is 0.267. The van der Waals surface area contributed by atoms with Gasteiger partial charge in [0.2, 0.25) is 11.8 Å². The summed E-state index contributed by atoms with van der Waals surface area (Å²) >= 11 is 7.46. The topological polar surface area (TPSA) is 62.3 Å². The Morgan fingerprint density at radius 1 is 1.50 bits per heavy atom. The van der Waals surface area contributed by atoms with Crippen LogP contribution in [0.15, 0.2) is 29.8 Å². The molecule has 0 saturated carbocycles.